The molecule has 0 aliphatic carbocycles. The molecular weight excluding hydrogens is 290 g/mol. The third-order valence-corrected chi connectivity index (χ3v) is 3.34. The highest BCUT2D eigenvalue weighted by atomic mass is 35.5. The van der Waals surface area contributed by atoms with Crippen LogP contribution in [-0.2, 0) is 0 Å². The summed E-state index contributed by atoms with van der Waals surface area (Å²) >= 11 is 6.15. The first-order chi connectivity index (χ1) is 10.1. The fraction of sp³-hybridized carbons (Fsp3) is 0.125. The lowest BCUT2D eigenvalue weighted by Gasteiger charge is -2.14. The van der Waals surface area contributed by atoms with Gasteiger partial charge < -0.3 is 9.84 Å². The molecule has 106 valence electrons. The Morgan fingerprint density at radius 1 is 1.43 bits per heavy atom. The molecule has 2 aromatic rings. The van der Waals surface area contributed by atoms with Crippen LogP contribution in [0.25, 0.3) is 11.1 Å². The van der Waals surface area contributed by atoms with E-state index in [1.165, 1.54) is 6.07 Å². The molecule has 0 radical (unpaired) electrons. The number of phenolic OH excluding ortho intramolecular Hbond substituents is 1. The summed E-state index contributed by atoms with van der Waals surface area (Å²) in [5.74, 6) is 0.208. The zero-order valence-corrected chi connectivity index (χ0v) is 12.0. The monoisotopic (exact) mass is 301 g/mol. The molecular formula is C16H12ClNO3. The highest BCUT2D eigenvalue weighted by Gasteiger charge is 2.19. The minimum Gasteiger partial charge on any atom is -0.505 e. The second-order valence-electron chi connectivity index (χ2n) is 4.21. The van der Waals surface area contributed by atoms with E-state index in [1.54, 1.807) is 30.3 Å². The summed E-state index contributed by atoms with van der Waals surface area (Å²) in [5, 5.41) is 18.9. The average Bonchev–Trinajstić information content (AvgIpc) is 2.51. The van der Waals surface area contributed by atoms with E-state index in [9.17, 15) is 9.90 Å². The van der Waals surface area contributed by atoms with Gasteiger partial charge in [0.2, 0.25) is 0 Å². The molecule has 0 aliphatic rings. The number of phenols is 1. The van der Waals surface area contributed by atoms with Gasteiger partial charge in [0.25, 0.3) is 0 Å². The summed E-state index contributed by atoms with van der Waals surface area (Å²) < 4.78 is 5.52. The molecule has 5 heteroatoms. The van der Waals surface area contributed by atoms with E-state index >= 15 is 0 Å². The number of carbonyl (C=O) groups is 1. The fourth-order valence-electron chi connectivity index (χ4n) is 2.07. The van der Waals surface area contributed by atoms with E-state index in [-0.39, 0.29) is 21.9 Å². The van der Waals surface area contributed by atoms with Crippen molar-refractivity contribution in [1.82, 2.24) is 0 Å². The van der Waals surface area contributed by atoms with E-state index in [1.807, 2.05) is 6.92 Å². The third-order valence-electron chi connectivity index (χ3n) is 2.97. The standard InChI is InChI=1S/C16H12ClNO3/c1-2-21-13-6-4-3-5-12(13)14-11(9-19)7-10(8-18)16(20)15(14)17/h3-7,9,20H,2H2,1H3. The predicted molar refractivity (Wildman–Crippen MR) is 79.8 cm³/mol. The van der Waals surface area contributed by atoms with Gasteiger partial charge in [0, 0.05) is 16.7 Å². The van der Waals surface area contributed by atoms with Crippen LogP contribution in [0, 0.1) is 11.3 Å². The molecule has 0 aliphatic heterocycles. The first kappa shape index (κ1) is 14.9. The second-order valence-corrected chi connectivity index (χ2v) is 4.59. The van der Waals surface area contributed by atoms with E-state index < -0.39 is 0 Å². The number of nitriles is 1. The predicted octanol–water partition coefficient (Wildman–Crippen LogP) is 3.80. The number of carbonyl (C=O) groups excluding carboxylic acids is 1. The van der Waals surface area contributed by atoms with Crippen molar-refractivity contribution in [3.05, 3.63) is 46.5 Å². The quantitative estimate of drug-likeness (QED) is 0.872. The maximum atomic E-state index is 11.3. The molecule has 0 spiro atoms. The molecule has 0 heterocycles. The minimum absolute atomic E-state index is 0.0386. The largest absolute Gasteiger partial charge is 0.505 e. The molecule has 0 amide bonds. The summed E-state index contributed by atoms with van der Waals surface area (Å²) in [6.07, 6.45) is 0.601. The van der Waals surface area contributed by atoms with E-state index in [2.05, 4.69) is 0 Å². The van der Waals surface area contributed by atoms with Gasteiger partial charge in [-0.15, -0.1) is 0 Å². The van der Waals surface area contributed by atoms with Gasteiger partial charge in [-0.3, -0.25) is 4.79 Å². The lowest BCUT2D eigenvalue weighted by molar-refractivity contribution is 0.112. The molecule has 2 aromatic carbocycles. The van der Waals surface area contributed by atoms with Gasteiger partial charge in [0.1, 0.15) is 11.8 Å². The van der Waals surface area contributed by atoms with E-state index in [4.69, 9.17) is 21.6 Å². The van der Waals surface area contributed by atoms with Crippen LogP contribution >= 0.6 is 11.6 Å². The van der Waals surface area contributed by atoms with Crippen molar-refractivity contribution in [1.29, 1.82) is 5.26 Å². The first-order valence-electron chi connectivity index (χ1n) is 6.27. The summed E-state index contributed by atoms with van der Waals surface area (Å²) in [4.78, 5) is 11.3. The van der Waals surface area contributed by atoms with Crippen molar-refractivity contribution in [2.24, 2.45) is 0 Å². The number of rotatable bonds is 4. The van der Waals surface area contributed by atoms with Gasteiger partial charge in [-0.1, -0.05) is 29.8 Å². The maximum absolute atomic E-state index is 11.3. The molecule has 2 rings (SSSR count). The van der Waals surface area contributed by atoms with Crippen LogP contribution in [0.4, 0.5) is 0 Å². The Labute approximate surface area is 127 Å². The Morgan fingerprint density at radius 2 is 2.14 bits per heavy atom. The lowest BCUT2D eigenvalue weighted by atomic mass is 9.96. The van der Waals surface area contributed by atoms with Crippen LogP contribution in [0.15, 0.2) is 30.3 Å². The third kappa shape index (κ3) is 2.69. The second kappa shape index (κ2) is 6.29. The normalized spacial score (nSPS) is 9.95. The Kier molecular flexibility index (Phi) is 4.46. The van der Waals surface area contributed by atoms with E-state index in [0.717, 1.165) is 0 Å². The molecule has 0 aromatic heterocycles. The number of hydrogen-bond acceptors (Lipinski definition) is 4. The number of hydrogen-bond donors (Lipinski definition) is 1. The molecule has 1 N–H and O–H groups in total. The molecule has 0 bridgehead atoms. The van der Waals surface area contributed by atoms with Gasteiger partial charge >= 0.3 is 0 Å². The summed E-state index contributed by atoms with van der Waals surface area (Å²) in [7, 11) is 0. The number of aromatic hydroxyl groups is 1. The summed E-state index contributed by atoms with van der Waals surface area (Å²) in [6.45, 7) is 2.29. The molecule has 0 saturated carbocycles. The summed E-state index contributed by atoms with van der Waals surface area (Å²) in [6, 6.07) is 10.2. The van der Waals surface area contributed by atoms with Crippen molar-refractivity contribution in [2.75, 3.05) is 6.61 Å². The topological polar surface area (TPSA) is 70.3 Å². The van der Waals surface area contributed by atoms with Crippen molar-refractivity contribution in [3.8, 4) is 28.7 Å². The van der Waals surface area contributed by atoms with Gasteiger partial charge in [-0.25, -0.2) is 0 Å². The van der Waals surface area contributed by atoms with Crippen LogP contribution < -0.4 is 4.74 Å². The number of benzene rings is 2. The van der Waals surface area contributed by atoms with Crippen molar-refractivity contribution in [3.63, 3.8) is 0 Å². The summed E-state index contributed by atoms with van der Waals surface area (Å²) in [5.41, 5.74) is 1.12. The zero-order valence-electron chi connectivity index (χ0n) is 11.3. The highest BCUT2D eigenvalue weighted by Crippen LogP contribution is 2.42. The molecule has 4 nitrogen and oxygen atoms in total. The Bertz CT molecular complexity index is 735. The molecule has 21 heavy (non-hydrogen) atoms. The van der Waals surface area contributed by atoms with Crippen molar-refractivity contribution >= 4 is 17.9 Å². The zero-order chi connectivity index (χ0) is 15.4. The average molecular weight is 302 g/mol. The molecule has 0 unspecified atom stereocenters. The Balaban J connectivity index is 2.78. The minimum atomic E-state index is -0.342. The van der Waals surface area contributed by atoms with Gasteiger partial charge in [0.15, 0.2) is 12.0 Å². The van der Waals surface area contributed by atoms with Crippen LogP contribution in [0.2, 0.25) is 5.02 Å². The number of aldehydes is 1. The van der Waals surface area contributed by atoms with Gasteiger partial charge in [-0.05, 0) is 19.1 Å². The smallest absolute Gasteiger partial charge is 0.152 e. The van der Waals surface area contributed by atoms with Crippen molar-refractivity contribution < 1.29 is 14.6 Å². The van der Waals surface area contributed by atoms with Gasteiger partial charge in [0.05, 0.1) is 17.2 Å². The Hall–Kier alpha value is -2.51. The van der Waals surface area contributed by atoms with E-state index in [0.29, 0.717) is 29.8 Å². The van der Waals surface area contributed by atoms with Crippen LogP contribution in [0.3, 0.4) is 0 Å². The number of para-hydroxylation sites is 1. The SMILES string of the molecule is CCOc1ccccc1-c1c(C=O)cc(C#N)c(O)c1Cl. The maximum Gasteiger partial charge on any atom is 0.152 e. The first-order valence-corrected chi connectivity index (χ1v) is 6.64. The van der Waals surface area contributed by atoms with Crippen LogP contribution in [-0.4, -0.2) is 18.0 Å². The van der Waals surface area contributed by atoms with Crippen LogP contribution in [0.5, 0.6) is 11.5 Å². The Morgan fingerprint density at radius 3 is 2.76 bits per heavy atom. The van der Waals surface area contributed by atoms with Gasteiger partial charge in [-0.2, -0.15) is 5.26 Å². The molecule has 0 saturated heterocycles. The number of nitrogens with zero attached hydrogens (tertiary/aromatic N) is 1. The number of halogens is 1. The highest BCUT2D eigenvalue weighted by molar-refractivity contribution is 6.35. The number of ether oxygens (including phenoxy) is 1. The van der Waals surface area contributed by atoms with Crippen molar-refractivity contribution in [2.45, 2.75) is 6.92 Å². The van der Waals surface area contributed by atoms with Crippen LogP contribution in [0.1, 0.15) is 22.8 Å². The fourth-order valence-corrected chi connectivity index (χ4v) is 2.38. The lowest BCUT2D eigenvalue weighted by Crippen LogP contribution is -1.97. The molecule has 0 fully saturated rings. The molecule has 0 atom stereocenters.